The number of ether oxygens (including phenoxy) is 2. The molecular weight excluding hydrogens is 286 g/mol. The lowest BCUT2D eigenvalue weighted by molar-refractivity contribution is 0.137. The molecule has 1 aliphatic heterocycles. The highest BCUT2D eigenvalue weighted by atomic mass is 16.5. The van der Waals surface area contributed by atoms with E-state index in [-0.39, 0.29) is 0 Å². The first-order valence-electron chi connectivity index (χ1n) is 8.31. The zero-order valence-electron chi connectivity index (χ0n) is 14.0. The topological polar surface area (TPSA) is 21.7 Å². The van der Waals surface area contributed by atoms with E-state index in [1.807, 2.05) is 12.1 Å². The summed E-state index contributed by atoms with van der Waals surface area (Å²) in [6.07, 6.45) is 3.68. The molecule has 0 aromatic heterocycles. The van der Waals surface area contributed by atoms with Gasteiger partial charge in [-0.15, -0.1) is 0 Å². The Balaban J connectivity index is 1.89. The molecule has 23 heavy (non-hydrogen) atoms. The van der Waals surface area contributed by atoms with Crippen LogP contribution in [0.15, 0.2) is 48.5 Å². The van der Waals surface area contributed by atoms with E-state index in [4.69, 9.17) is 9.47 Å². The maximum Gasteiger partial charge on any atom is 0.123 e. The van der Waals surface area contributed by atoms with Gasteiger partial charge in [-0.2, -0.15) is 0 Å². The van der Waals surface area contributed by atoms with Crippen LogP contribution in [0.4, 0.5) is 0 Å². The van der Waals surface area contributed by atoms with Gasteiger partial charge in [-0.1, -0.05) is 36.8 Å². The summed E-state index contributed by atoms with van der Waals surface area (Å²) in [5, 5.41) is 0. The van der Waals surface area contributed by atoms with Gasteiger partial charge in [-0.3, -0.25) is 4.90 Å². The largest absolute Gasteiger partial charge is 0.497 e. The van der Waals surface area contributed by atoms with Gasteiger partial charge in [0.2, 0.25) is 0 Å². The van der Waals surface area contributed by atoms with Crippen LogP contribution in [0.3, 0.4) is 0 Å². The molecule has 0 radical (unpaired) electrons. The lowest BCUT2D eigenvalue weighted by Crippen LogP contribution is -2.33. The second-order valence-electron chi connectivity index (χ2n) is 6.08. The first-order valence-corrected chi connectivity index (χ1v) is 8.31. The monoisotopic (exact) mass is 311 g/mol. The van der Waals surface area contributed by atoms with Crippen molar-refractivity contribution < 1.29 is 9.47 Å². The van der Waals surface area contributed by atoms with E-state index < -0.39 is 0 Å². The standard InChI is InChI=1S/C20H25NO2/c1-22-17-11-12-20(23-2)18(14-17)19-10-6-7-13-21(19)15-16-8-4-3-5-9-16/h3-5,8-9,11-12,14,19H,6-7,10,13,15H2,1-2H3/t19-/m0/s1. The number of methoxy groups -OCH3 is 2. The van der Waals surface area contributed by atoms with Gasteiger partial charge in [0.05, 0.1) is 14.2 Å². The van der Waals surface area contributed by atoms with Crippen molar-refractivity contribution in [2.45, 2.75) is 31.8 Å². The quantitative estimate of drug-likeness (QED) is 0.815. The summed E-state index contributed by atoms with van der Waals surface area (Å²) in [6, 6.07) is 17.2. The van der Waals surface area contributed by atoms with Gasteiger partial charge >= 0.3 is 0 Å². The number of rotatable bonds is 5. The SMILES string of the molecule is COc1ccc(OC)c([C@@H]2CCCCN2Cc2ccccc2)c1. The molecule has 2 aromatic carbocycles. The molecule has 0 unspecified atom stereocenters. The highest BCUT2D eigenvalue weighted by Crippen LogP contribution is 2.38. The van der Waals surface area contributed by atoms with E-state index in [0.29, 0.717) is 6.04 Å². The van der Waals surface area contributed by atoms with Crippen LogP contribution in [0.1, 0.15) is 36.4 Å². The molecule has 0 spiro atoms. The smallest absolute Gasteiger partial charge is 0.123 e. The Morgan fingerprint density at radius 2 is 1.83 bits per heavy atom. The van der Waals surface area contributed by atoms with Crippen LogP contribution in [0, 0.1) is 0 Å². The molecule has 2 aromatic rings. The second-order valence-corrected chi connectivity index (χ2v) is 6.08. The maximum atomic E-state index is 5.61. The molecule has 0 amide bonds. The fourth-order valence-corrected chi connectivity index (χ4v) is 3.45. The summed E-state index contributed by atoms with van der Waals surface area (Å²) in [4.78, 5) is 2.57. The highest BCUT2D eigenvalue weighted by Gasteiger charge is 2.26. The minimum absolute atomic E-state index is 0.383. The Kier molecular flexibility index (Phi) is 5.19. The fraction of sp³-hybridized carbons (Fsp3) is 0.400. The predicted octanol–water partition coefficient (Wildman–Crippen LogP) is 4.43. The minimum atomic E-state index is 0.383. The Morgan fingerprint density at radius 1 is 1.00 bits per heavy atom. The average molecular weight is 311 g/mol. The van der Waals surface area contributed by atoms with Gasteiger partial charge in [0, 0.05) is 18.2 Å². The van der Waals surface area contributed by atoms with Gasteiger partial charge in [-0.25, -0.2) is 0 Å². The average Bonchev–Trinajstić information content (AvgIpc) is 2.62. The van der Waals surface area contributed by atoms with Crippen LogP contribution in [-0.4, -0.2) is 25.7 Å². The van der Waals surface area contributed by atoms with E-state index in [9.17, 15) is 0 Å². The fourth-order valence-electron chi connectivity index (χ4n) is 3.45. The molecule has 3 heteroatoms. The van der Waals surface area contributed by atoms with Crippen molar-refractivity contribution in [3.8, 4) is 11.5 Å². The van der Waals surface area contributed by atoms with Gasteiger partial charge < -0.3 is 9.47 Å². The van der Waals surface area contributed by atoms with E-state index in [1.165, 1.54) is 24.0 Å². The van der Waals surface area contributed by atoms with Crippen molar-refractivity contribution in [1.29, 1.82) is 0 Å². The summed E-state index contributed by atoms with van der Waals surface area (Å²) < 4.78 is 11.0. The number of benzene rings is 2. The third kappa shape index (κ3) is 3.67. The summed E-state index contributed by atoms with van der Waals surface area (Å²) in [7, 11) is 3.46. The molecule has 1 fully saturated rings. The minimum Gasteiger partial charge on any atom is -0.497 e. The number of hydrogen-bond acceptors (Lipinski definition) is 3. The normalized spacial score (nSPS) is 18.6. The van der Waals surface area contributed by atoms with Crippen LogP contribution in [0.2, 0.25) is 0 Å². The van der Waals surface area contributed by atoms with Crippen LogP contribution in [0.25, 0.3) is 0 Å². The van der Waals surface area contributed by atoms with E-state index in [0.717, 1.165) is 31.0 Å². The van der Waals surface area contributed by atoms with E-state index >= 15 is 0 Å². The summed E-state index contributed by atoms with van der Waals surface area (Å²) in [5.41, 5.74) is 2.60. The van der Waals surface area contributed by atoms with Crippen molar-refractivity contribution in [1.82, 2.24) is 4.90 Å². The van der Waals surface area contributed by atoms with E-state index in [1.54, 1.807) is 14.2 Å². The molecule has 0 bridgehead atoms. The summed E-state index contributed by atoms with van der Waals surface area (Å²) >= 11 is 0. The van der Waals surface area contributed by atoms with Gasteiger partial charge in [0.1, 0.15) is 11.5 Å². The molecule has 1 saturated heterocycles. The third-order valence-electron chi connectivity index (χ3n) is 4.64. The zero-order chi connectivity index (χ0) is 16.1. The zero-order valence-corrected chi connectivity index (χ0v) is 14.0. The number of piperidine rings is 1. The second kappa shape index (κ2) is 7.51. The Bertz CT molecular complexity index is 627. The lowest BCUT2D eigenvalue weighted by atomic mass is 9.93. The first-order chi connectivity index (χ1) is 11.3. The molecule has 3 nitrogen and oxygen atoms in total. The van der Waals surface area contributed by atoms with Gasteiger partial charge in [0.15, 0.2) is 0 Å². The van der Waals surface area contributed by atoms with E-state index in [2.05, 4.69) is 41.3 Å². The molecule has 0 saturated carbocycles. The molecule has 1 atom stereocenters. The third-order valence-corrected chi connectivity index (χ3v) is 4.64. The van der Waals surface area contributed by atoms with Crippen molar-refractivity contribution in [3.05, 3.63) is 59.7 Å². The van der Waals surface area contributed by atoms with Crippen molar-refractivity contribution in [3.63, 3.8) is 0 Å². The molecule has 0 aliphatic carbocycles. The Labute approximate surface area is 138 Å². The molecule has 1 heterocycles. The molecule has 122 valence electrons. The summed E-state index contributed by atoms with van der Waals surface area (Å²) in [6.45, 7) is 2.10. The molecule has 3 rings (SSSR count). The van der Waals surface area contributed by atoms with Crippen LogP contribution in [-0.2, 0) is 6.54 Å². The molecule has 0 N–H and O–H groups in total. The van der Waals surface area contributed by atoms with Gasteiger partial charge in [-0.05, 0) is 43.1 Å². The Hall–Kier alpha value is -2.00. The number of hydrogen-bond donors (Lipinski definition) is 0. The Morgan fingerprint density at radius 3 is 2.57 bits per heavy atom. The van der Waals surface area contributed by atoms with Crippen LogP contribution in [0.5, 0.6) is 11.5 Å². The predicted molar refractivity (Wildman–Crippen MR) is 93.0 cm³/mol. The van der Waals surface area contributed by atoms with Crippen LogP contribution >= 0.6 is 0 Å². The lowest BCUT2D eigenvalue weighted by Gasteiger charge is -2.36. The first kappa shape index (κ1) is 15.9. The molecular formula is C20H25NO2. The van der Waals surface area contributed by atoms with Crippen molar-refractivity contribution in [2.24, 2.45) is 0 Å². The molecule has 1 aliphatic rings. The van der Waals surface area contributed by atoms with Crippen molar-refractivity contribution in [2.75, 3.05) is 20.8 Å². The number of likely N-dealkylation sites (tertiary alicyclic amines) is 1. The number of nitrogens with zero attached hydrogens (tertiary/aromatic N) is 1. The van der Waals surface area contributed by atoms with Gasteiger partial charge in [0.25, 0.3) is 0 Å². The maximum absolute atomic E-state index is 5.61. The highest BCUT2D eigenvalue weighted by molar-refractivity contribution is 5.42. The summed E-state index contributed by atoms with van der Waals surface area (Å²) in [5.74, 6) is 1.85. The van der Waals surface area contributed by atoms with Crippen molar-refractivity contribution >= 4 is 0 Å². The van der Waals surface area contributed by atoms with Crippen LogP contribution < -0.4 is 9.47 Å².